The fraction of sp³-hybridized carbons (Fsp3) is 0.333. The first-order valence-corrected chi connectivity index (χ1v) is 4.73. The summed E-state index contributed by atoms with van der Waals surface area (Å²) in [6.45, 7) is 7.06. The molecule has 0 fully saturated rings. The number of rotatable bonds is 1. The second kappa shape index (κ2) is 5.28. The lowest BCUT2D eigenvalue weighted by molar-refractivity contribution is 0.0949. The Kier molecular flexibility index (Phi) is 4.02. The largest absolute Gasteiger partial charge is 0.376 e. The molecule has 2 rings (SSSR count). The number of ether oxygens (including phenoxy) is 1. The number of hydrogen-bond donors (Lipinski definition) is 0. The van der Waals surface area contributed by atoms with Gasteiger partial charge in [0.2, 0.25) is 0 Å². The quantitative estimate of drug-likeness (QED) is 0.658. The molecule has 1 aliphatic heterocycles. The third kappa shape index (κ3) is 2.42. The summed E-state index contributed by atoms with van der Waals surface area (Å²) in [5.41, 5.74) is 3.23. The molecule has 0 saturated heterocycles. The molecule has 1 atom stereocenters. The van der Waals surface area contributed by atoms with Gasteiger partial charge in [0.1, 0.15) is 6.29 Å². The molecule has 1 heterocycles. The Morgan fingerprint density at radius 2 is 2.27 bits per heavy atom. The Morgan fingerprint density at radius 1 is 1.53 bits per heavy atom. The van der Waals surface area contributed by atoms with E-state index in [0.29, 0.717) is 12.5 Å². The average molecular weight is 203 g/mol. The maximum atomic E-state index is 10.6. The predicted molar refractivity (Wildman–Crippen MR) is 56.6 cm³/mol. The first-order valence-electron chi connectivity index (χ1n) is 4.73. The Balaban J connectivity index is 0.000000531. The molecule has 78 valence electrons. The van der Waals surface area contributed by atoms with Crippen LogP contribution < -0.4 is 0 Å². The van der Waals surface area contributed by atoms with Crippen molar-refractivity contribution in [2.45, 2.75) is 19.4 Å². The number of carbonyl (C=O) groups excluding carboxylic acids is 1. The Morgan fingerprint density at radius 3 is 2.93 bits per heavy atom. The maximum Gasteiger partial charge on any atom is 0.150 e. The van der Waals surface area contributed by atoms with E-state index in [2.05, 4.69) is 13.5 Å². The van der Waals surface area contributed by atoms with Crippen molar-refractivity contribution in [2.75, 3.05) is 6.61 Å². The first-order chi connectivity index (χ1) is 7.31. The molecule has 1 aromatic rings. The zero-order valence-electron chi connectivity index (χ0n) is 8.64. The molecule has 1 aromatic carbocycles. The highest BCUT2D eigenvalue weighted by molar-refractivity contribution is 5.75. The zero-order valence-corrected chi connectivity index (χ0v) is 8.64. The molecule has 1 unspecified atom stereocenters. The minimum Gasteiger partial charge on any atom is -0.376 e. The van der Waals surface area contributed by atoms with Crippen molar-refractivity contribution in [1.82, 2.24) is 0 Å². The van der Waals surface area contributed by atoms with Crippen LogP contribution in [0.2, 0.25) is 0 Å². The van der Waals surface area contributed by atoms with Crippen LogP contribution >= 0.6 is 0 Å². The lowest BCUT2D eigenvalue weighted by Crippen LogP contribution is -2.14. The summed E-state index contributed by atoms with van der Waals surface area (Å²) >= 11 is 0. The van der Waals surface area contributed by atoms with Crippen LogP contribution in [0, 0.1) is 11.8 Å². The highest BCUT2D eigenvalue weighted by Crippen LogP contribution is 2.26. The first kappa shape index (κ1) is 11.4. The van der Waals surface area contributed by atoms with E-state index in [0.717, 1.165) is 18.5 Å². The molecule has 3 nitrogen and oxygen atoms in total. The van der Waals surface area contributed by atoms with E-state index in [1.807, 2.05) is 18.2 Å². The molecule has 0 spiro atoms. The molecule has 0 saturated carbocycles. The molecule has 15 heavy (non-hydrogen) atoms. The van der Waals surface area contributed by atoms with Crippen LogP contribution in [-0.2, 0) is 11.3 Å². The molecule has 0 N–H and O–H groups in total. The van der Waals surface area contributed by atoms with Crippen LogP contribution in [0.25, 0.3) is 0 Å². The van der Waals surface area contributed by atoms with E-state index in [4.69, 9.17) is 10.00 Å². The van der Waals surface area contributed by atoms with Crippen molar-refractivity contribution < 1.29 is 9.53 Å². The van der Waals surface area contributed by atoms with Crippen LogP contribution in [-0.4, -0.2) is 12.9 Å². The summed E-state index contributed by atoms with van der Waals surface area (Å²) in [4.78, 5) is 10.6. The van der Waals surface area contributed by atoms with Gasteiger partial charge < -0.3 is 4.74 Å². The summed E-state index contributed by atoms with van der Waals surface area (Å²) in [6.07, 6.45) is 0.891. The van der Waals surface area contributed by atoms with Gasteiger partial charge in [-0.3, -0.25) is 4.79 Å². The van der Waals surface area contributed by atoms with E-state index >= 15 is 0 Å². The van der Waals surface area contributed by atoms with Crippen LogP contribution in [0.5, 0.6) is 0 Å². The van der Waals surface area contributed by atoms with Gasteiger partial charge in [-0.15, -0.1) is 0 Å². The Hall–Kier alpha value is -1.66. The Bertz CT molecular complexity index is 371. The monoisotopic (exact) mass is 203 g/mol. The van der Waals surface area contributed by atoms with Crippen molar-refractivity contribution in [1.29, 1.82) is 5.26 Å². The summed E-state index contributed by atoms with van der Waals surface area (Å²) in [5, 5.41) is 6.50. The number of nitriles is 1. The third-order valence-corrected chi connectivity index (χ3v) is 2.46. The van der Waals surface area contributed by atoms with Crippen molar-refractivity contribution >= 4 is 6.29 Å². The molecule has 0 amide bonds. The molecule has 1 aliphatic rings. The van der Waals surface area contributed by atoms with E-state index < -0.39 is 0 Å². The second-order valence-corrected chi connectivity index (χ2v) is 3.49. The van der Waals surface area contributed by atoms with E-state index in [1.165, 1.54) is 11.1 Å². The molecule has 0 aliphatic carbocycles. The van der Waals surface area contributed by atoms with E-state index in [9.17, 15) is 4.79 Å². The lowest BCUT2D eigenvalue weighted by Gasteiger charge is -2.22. The van der Waals surface area contributed by atoms with Crippen LogP contribution in [0.15, 0.2) is 18.2 Å². The summed E-state index contributed by atoms with van der Waals surface area (Å²) in [7, 11) is 0. The number of nitrogens with zero attached hydrogens (tertiary/aromatic N) is 1. The van der Waals surface area contributed by atoms with Gasteiger partial charge in [-0.2, -0.15) is 0 Å². The summed E-state index contributed by atoms with van der Waals surface area (Å²) < 4.78 is 5.39. The van der Waals surface area contributed by atoms with Gasteiger partial charge in [0.15, 0.2) is 0 Å². The van der Waals surface area contributed by atoms with Crippen LogP contribution in [0.4, 0.5) is 0 Å². The van der Waals surface area contributed by atoms with Crippen LogP contribution in [0.1, 0.15) is 34.3 Å². The fourth-order valence-corrected chi connectivity index (χ4v) is 1.71. The maximum absolute atomic E-state index is 10.6. The predicted octanol–water partition coefficient (Wildman–Crippen LogP) is 2.27. The summed E-state index contributed by atoms with van der Waals surface area (Å²) in [5.74, 6) is 0.406. The van der Waals surface area contributed by atoms with Crippen molar-refractivity contribution in [3.8, 4) is 6.57 Å². The van der Waals surface area contributed by atoms with Crippen molar-refractivity contribution in [3.05, 3.63) is 34.9 Å². The smallest absolute Gasteiger partial charge is 0.150 e. The Labute approximate surface area is 89.3 Å². The highest BCUT2D eigenvalue weighted by atomic mass is 16.5. The van der Waals surface area contributed by atoms with Crippen molar-refractivity contribution in [2.24, 2.45) is 0 Å². The molecule has 0 bridgehead atoms. The second-order valence-electron chi connectivity index (χ2n) is 3.49. The van der Waals surface area contributed by atoms with Gasteiger partial charge in [-0.1, -0.05) is 19.1 Å². The van der Waals surface area contributed by atoms with Gasteiger partial charge in [0.25, 0.3) is 0 Å². The SMILES string of the molecule is C#N.CC1COCc2ccc(C=O)cc21. The van der Waals surface area contributed by atoms with Crippen LogP contribution in [0.3, 0.4) is 0 Å². The van der Waals surface area contributed by atoms with Gasteiger partial charge in [-0.25, -0.2) is 5.26 Å². The minimum atomic E-state index is 0.406. The van der Waals surface area contributed by atoms with Gasteiger partial charge in [0, 0.05) is 18.1 Å². The number of carbonyl (C=O) groups is 1. The minimum absolute atomic E-state index is 0.406. The third-order valence-electron chi connectivity index (χ3n) is 2.46. The standard InChI is InChI=1S/C11H12O2.CHN/c1-8-6-13-7-10-3-2-9(5-12)4-11(8)10;1-2/h2-5,8H,6-7H2,1H3;1H. The fourth-order valence-electron chi connectivity index (χ4n) is 1.71. The average Bonchev–Trinajstić information content (AvgIpc) is 2.32. The van der Waals surface area contributed by atoms with E-state index in [-0.39, 0.29) is 0 Å². The molecule has 0 radical (unpaired) electrons. The number of benzene rings is 1. The summed E-state index contributed by atoms with van der Waals surface area (Å²) in [6, 6.07) is 5.79. The highest BCUT2D eigenvalue weighted by Gasteiger charge is 2.16. The van der Waals surface area contributed by atoms with Gasteiger partial charge in [-0.05, 0) is 17.2 Å². The lowest BCUT2D eigenvalue weighted by atomic mass is 9.93. The number of fused-ring (bicyclic) bond motifs is 1. The number of aldehydes is 1. The molecule has 0 aromatic heterocycles. The van der Waals surface area contributed by atoms with Crippen molar-refractivity contribution in [3.63, 3.8) is 0 Å². The molecular weight excluding hydrogens is 190 g/mol. The van der Waals surface area contributed by atoms with Gasteiger partial charge >= 0.3 is 0 Å². The molecular formula is C12H13NO2. The normalized spacial score (nSPS) is 18.2. The number of hydrogen-bond acceptors (Lipinski definition) is 3. The molecule has 3 heteroatoms. The zero-order chi connectivity index (χ0) is 11.3. The van der Waals surface area contributed by atoms with Gasteiger partial charge in [0.05, 0.1) is 13.2 Å². The topological polar surface area (TPSA) is 50.1 Å². The van der Waals surface area contributed by atoms with E-state index in [1.54, 1.807) is 0 Å².